The monoisotopic (exact) mass is 240 g/mol. The van der Waals surface area contributed by atoms with Crippen LogP contribution in [0.1, 0.15) is 5.56 Å². The molecular formula is C12H16O5. The summed E-state index contributed by atoms with van der Waals surface area (Å²) >= 11 is 0. The first-order valence-electron chi connectivity index (χ1n) is 5.50. The Balaban J connectivity index is 1.88. The van der Waals surface area contributed by atoms with Crippen molar-refractivity contribution in [2.24, 2.45) is 0 Å². The molecule has 0 aromatic heterocycles. The minimum Gasteiger partial charge on any atom is -0.394 e. The van der Waals surface area contributed by atoms with Crippen LogP contribution < -0.4 is 0 Å². The van der Waals surface area contributed by atoms with Crippen LogP contribution in [0.5, 0.6) is 0 Å². The van der Waals surface area contributed by atoms with Crippen LogP contribution in [0, 0.1) is 0 Å². The summed E-state index contributed by atoms with van der Waals surface area (Å²) in [4.78, 5) is 0. The second-order valence-corrected chi connectivity index (χ2v) is 4.00. The largest absolute Gasteiger partial charge is 0.394 e. The van der Waals surface area contributed by atoms with Gasteiger partial charge in [0.25, 0.3) is 0 Å². The summed E-state index contributed by atoms with van der Waals surface area (Å²) in [5.74, 6) is 0. The molecule has 94 valence electrons. The number of ether oxygens (including phenoxy) is 2. The van der Waals surface area contributed by atoms with Crippen LogP contribution in [0.15, 0.2) is 30.3 Å². The van der Waals surface area contributed by atoms with Crippen molar-refractivity contribution in [1.82, 2.24) is 0 Å². The van der Waals surface area contributed by atoms with Crippen molar-refractivity contribution < 1.29 is 24.8 Å². The summed E-state index contributed by atoms with van der Waals surface area (Å²) in [5, 5.41) is 28.0. The molecular weight excluding hydrogens is 224 g/mol. The number of aliphatic hydroxyl groups is 3. The number of benzene rings is 1. The van der Waals surface area contributed by atoms with Gasteiger partial charge in [0.05, 0.1) is 13.2 Å². The highest BCUT2D eigenvalue weighted by Gasteiger charge is 2.42. The number of aliphatic hydroxyl groups excluding tert-OH is 3. The highest BCUT2D eigenvalue weighted by Crippen LogP contribution is 2.22. The zero-order valence-corrected chi connectivity index (χ0v) is 9.27. The van der Waals surface area contributed by atoms with Gasteiger partial charge in [-0.25, -0.2) is 0 Å². The van der Waals surface area contributed by atoms with Crippen molar-refractivity contribution in [3.63, 3.8) is 0 Å². The fourth-order valence-corrected chi connectivity index (χ4v) is 1.76. The average molecular weight is 240 g/mol. The van der Waals surface area contributed by atoms with E-state index in [1.165, 1.54) is 0 Å². The Kier molecular flexibility index (Phi) is 4.09. The third kappa shape index (κ3) is 2.83. The van der Waals surface area contributed by atoms with Gasteiger partial charge in [-0.3, -0.25) is 0 Å². The lowest BCUT2D eigenvalue weighted by molar-refractivity contribution is -0.175. The van der Waals surface area contributed by atoms with Crippen molar-refractivity contribution in [3.05, 3.63) is 35.9 Å². The molecule has 1 aliphatic heterocycles. The third-order valence-electron chi connectivity index (χ3n) is 2.76. The summed E-state index contributed by atoms with van der Waals surface area (Å²) in [7, 11) is 0. The molecule has 1 saturated heterocycles. The van der Waals surface area contributed by atoms with E-state index in [-0.39, 0.29) is 13.2 Å². The standard InChI is InChI=1S/C12H16O5/c13-6-9-10(14)11(15)12(17-9)16-7-8-4-2-1-3-5-8/h1-5,9-15H,6-7H2/t9-,10-,11+,12-/m0/s1. The van der Waals surface area contributed by atoms with E-state index in [1.54, 1.807) is 0 Å². The summed E-state index contributed by atoms with van der Waals surface area (Å²) in [6.07, 6.45) is -3.93. The fraction of sp³-hybridized carbons (Fsp3) is 0.500. The molecule has 0 amide bonds. The zero-order chi connectivity index (χ0) is 12.3. The maximum absolute atomic E-state index is 9.63. The molecule has 0 saturated carbocycles. The molecule has 0 spiro atoms. The molecule has 1 heterocycles. The maximum Gasteiger partial charge on any atom is 0.187 e. The fourth-order valence-electron chi connectivity index (χ4n) is 1.76. The lowest BCUT2D eigenvalue weighted by atomic mass is 10.1. The van der Waals surface area contributed by atoms with Crippen LogP contribution >= 0.6 is 0 Å². The van der Waals surface area contributed by atoms with E-state index in [4.69, 9.17) is 14.6 Å². The van der Waals surface area contributed by atoms with Gasteiger partial charge >= 0.3 is 0 Å². The van der Waals surface area contributed by atoms with E-state index < -0.39 is 24.6 Å². The Bertz CT molecular complexity index is 342. The van der Waals surface area contributed by atoms with E-state index in [9.17, 15) is 10.2 Å². The SMILES string of the molecule is OC[C@@H]1O[C@H](OCc2ccccc2)[C@H](O)[C@H]1O. The van der Waals surface area contributed by atoms with E-state index in [0.717, 1.165) is 5.56 Å². The van der Waals surface area contributed by atoms with Gasteiger partial charge < -0.3 is 24.8 Å². The number of rotatable bonds is 4. The van der Waals surface area contributed by atoms with Crippen LogP contribution in [-0.2, 0) is 16.1 Å². The Labute approximate surface area is 99.2 Å². The van der Waals surface area contributed by atoms with Crippen LogP contribution in [0.3, 0.4) is 0 Å². The molecule has 0 bridgehead atoms. The molecule has 1 aliphatic rings. The van der Waals surface area contributed by atoms with Gasteiger partial charge in [-0.1, -0.05) is 30.3 Å². The molecule has 2 rings (SSSR count). The van der Waals surface area contributed by atoms with Crippen molar-refractivity contribution in [2.45, 2.75) is 31.2 Å². The minimum atomic E-state index is -1.13. The topological polar surface area (TPSA) is 79.2 Å². The van der Waals surface area contributed by atoms with Crippen LogP contribution in [0.25, 0.3) is 0 Å². The summed E-state index contributed by atoms with van der Waals surface area (Å²) in [5.41, 5.74) is 0.949. The third-order valence-corrected chi connectivity index (χ3v) is 2.76. The first-order chi connectivity index (χ1) is 8.22. The van der Waals surface area contributed by atoms with E-state index in [1.807, 2.05) is 30.3 Å². The van der Waals surface area contributed by atoms with Gasteiger partial charge in [0, 0.05) is 0 Å². The van der Waals surface area contributed by atoms with E-state index in [0.29, 0.717) is 0 Å². The lowest BCUT2D eigenvalue weighted by Crippen LogP contribution is -2.34. The number of hydrogen-bond acceptors (Lipinski definition) is 5. The predicted octanol–water partition coefficient (Wildman–Crippen LogP) is -0.358. The Morgan fingerprint density at radius 3 is 2.41 bits per heavy atom. The van der Waals surface area contributed by atoms with E-state index >= 15 is 0 Å². The molecule has 0 aliphatic carbocycles. The second kappa shape index (κ2) is 5.57. The summed E-state index contributed by atoms with van der Waals surface area (Å²) < 4.78 is 10.5. The molecule has 17 heavy (non-hydrogen) atoms. The van der Waals surface area contributed by atoms with Crippen LogP contribution in [0.2, 0.25) is 0 Å². The van der Waals surface area contributed by atoms with E-state index in [2.05, 4.69) is 0 Å². The minimum absolute atomic E-state index is 0.285. The molecule has 0 radical (unpaired) electrons. The first kappa shape index (κ1) is 12.5. The van der Waals surface area contributed by atoms with Crippen molar-refractivity contribution in [1.29, 1.82) is 0 Å². The maximum atomic E-state index is 9.63. The highest BCUT2D eigenvalue weighted by molar-refractivity contribution is 5.13. The second-order valence-electron chi connectivity index (χ2n) is 4.00. The average Bonchev–Trinajstić information content (AvgIpc) is 2.65. The lowest BCUT2D eigenvalue weighted by Gasteiger charge is -2.15. The van der Waals surface area contributed by atoms with Crippen molar-refractivity contribution in [3.8, 4) is 0 Å². The van der Waals surface area contributed by atoms with Gasteiger partial charge in [0.1, 0.15) is 18.3 Å². The van der Waals surface area contributed by atoms with Crippen molar-refractivity contribution in [2.75, 3.05) is 6.61 Å². The molecule has 3 N–H and O–H groups in total. The van der Waals surface area contributed by atoms with Gasteiger partial charge in [-0.05, 0) is 5.56 Å². The zero-order valence-electron chi connectivity index (χ0n) is 9.27. The molecule has 4 atom stereocenters. The van der Waals surface area contributed by atoms with Gasteiger partial charge in [-0.15, -0.1) is 0 Å². The Morgan fingerprint density at radius 2 is 1.82 bits per heavy atom. The molecule has 1 aromatic rings. The Morgan fingerprint density at radius 1 is 1.12 bits per heavy atom. The summed E-state index contributed by atoms with van der Waals surface area (Å²) in [6.45, 7) is -0.0587. The van der Waals surface area contributed by atoms with Gasteiger partial charge in [0.15, 0.2) is 6.29 Å². The molecule has 5 heteroatoms. The highest BCUT2D eigenvalue weighted by atomic mass is 16.7. The van der Waals surface area contributed by atoms with Crippen LogP contribution in [0.4, 0.5) is 0 Å². The predicted molar refractivity (Wildman–Crippen MR) is 59.0 cm³/mol. The molecule has 5 nitrogen and oxygen atoms in total. The van der Waals surface area contributed by atoms with Crippen molar-refractivity contribution >= 4 is 0 Å². The van der Waals surface area contributed by atoms with Gasteiger partial charge in [-0.2, -0.15) is 0 Å². The number of hydrogen-bond donors (Lipinski definition) is 3. The molecule has 0 unspecified atom stereocenters. The normalized spacial score (nSPS) is 32.9. The first-order valence-corrected chi connectivity index (χ1v) is 5.50. The van der Waals surface area contributed by atoms with Crippen LogP contribution in [-0.4, -0.2) is 46.5 Å². The molecule has 1 fully saturated rings. The summed E-state index contributed by atoms with van der Waals surface area (Å²) in [6, 6.07) is 9.45. The quantitative estimate of drug-likeness (QED) is 0.670. The Hall–Kier alpha value is -0.980. The molecule has 1 aromatic carbocycles. The smallest absolute Gasteiger partial charge is 0.187 e. The van der Waals surface area contributed by atoms with Gasteiger partial charge in [0.2, 0.25) is 0 Å².